The van der Waals surface area contributed by atoms with Crippen molar-refractivity contribution in [3.63, 3.8) is 0 Å². The Hall–Kier alpha value is -3.22. The minimum Gasteiger partial charge on any atom is -0.454 e. The van der Waals surface area contributed by atoms with Crippen LogP contribution in [-0.2, 0) is 9.59 Å². The maximum atomic E-state index is 12.3. The molecule has 2 amide bonds. The molecule has 7 heteroatoms. The normalized spacial score (nSPS) is 11.8. The molecular formula is C20H23N3O4. The third-order valence-electron chi connectivity index (χ3n) is 4.28. The molecule has 0 bridgehead atoms. The van der Waals surface area contributed by atoms with E-state index >= 15 is 0 Å². The fourth-order valence-electron chi connectivity index (χ4n) is 2.81. The lowest BCUT2D eigenvalue weighted by atomic mass is 10.2. The first-order valence-corrected chi connectivity index (χ1v) is 8.69. The summed E-state index contributed by atoms with van der Waals surface area (Å²) in [7, 11) is 3.91. The van der Waals surface area contributed by atoms with Gasteiger partial charge in [-0.05, 0) is 36.4 Å². The maximum absolute atomic E-state index is 12.3. The zero-order valence-electron chi connectivity index (χ0n) is 15.7. The van der Waals surface area contributed by atoms with Crippen LogP contribution in [0, 0.1) is 0 Å². The van der Waals surface area contributed by atoms with Crippen LogP contribution in [-0.4, -0.2) is 39.2 Å². The first kappa shape index (κ1) is 18.6. The van der Waals surface area contributed by atoms with Crippen LogP contribution in [0.25, 0.3) is 0 Å². The number of carbonyl (C=O) groups is 2. The van der Waals surface area contributed by atoms with Gasteiger partial charge < -0.3 is 24.6 Å². The third kappa shape index (κ3) is 4.49. The van der Waals surface area contributed by atoms with Gasteiger partial charge in [0.2, 0.25) is 18.6 Å². The van der Waals surface area contributed by atoms with Crippen molar-refractivity contribution in [3.8, 4) is 11.5 Å². The van der Waals surface area contributed by atoms with Crippen LogP contribution in [0.1, 0.15) is 13.3 Å². The van der Waals surface area contributed by atoms with Crippen molar-refractivity contribution in [2.45, 2.75) is 13.3 Å². The summed E-state index contributed by atoms with van der Waals surface area (Å²) in [6.45, 7) is 1.98. The van der Waals surface area contributed by atoms with Gasteiger partial charge in [-0.15, -0.1) is 0 Å². The lowest BCUT2D eigenvalue weighted by Crippen LogP contribution is -2.32. The van der Waals surface area contributed by atoms with E-state index in [9.17, 15) is 9.59 Å². The fourth-order valence-corrected chi connectivity index (χ4v) is 2.81. The summed E-state index contributed by atoms with van der Waals surface area (Å²) >= 11 is 0. The summed E-state index contributed by atoms with van der Waals surface area (Å²) in [5.74, 6) is 0.990. The summed E-state index contributed by atoms with van der Waals surface area (Å²) in [5.41, 5.74) is 2.45. The van der Waals surface area contributed by atoms with E-state index in [1.165, 1.54) is 6.92 Å². The lowest BCUT2D eigenvalue weighted by molar-refractivity contribution is -0.117. The molecule has 2 aromatic carbocycles. The van der Waals surface area contributed by atoms with Crippen molar-refractivity contribution >= 4 is 28.9 Å². The standard InChI is InChI=1S/C20H23N3O4/c1-14(24)23(17-7-5-16(6-8-17)22(2)3)11-10-20(25)21-15-4-9-18-19(12-15)27-13-26-18/h4-9,12H,10-11,13H2,1-3H3,(H,21,25). The molecule has 0 aromatic heterocycles. The zero-order valence-corrected chi connectivity index (χ0v) is 15.7. The van der Waals surface area contributed by atoms with E-state index in [1.54, 1.807) is 23.1 Å². The predicted octanol–water partition coefficient (Wildman–Crippen LogP) is 2.86. The largest absolute Gasteiger partial charge is 0.454 e. The molecule has 1 aliphatic rings. The molecular weight excluding hydrogens is 346 g/mol. The zero-order chi connectivity index (χ0) is 19.4. The predicted molar refractivity (Wildman–Crippen MR) is 105 cm³/mol. The molecule has 1 N–H and O–H groups in total. The molecule has 0 saturated carbocycles. The number of ether oxygens (including phenoxy) is 2. The van der Waals surface area contributed by atoms with Crippen molar-refractivity contribution in [2.75, 3.05) is 42.5 Å². The minimum absolute atomic E-state index is 0.108. The lowest BCUT2D eigenvalue weighted by Gasteiger charge is -2.22. The Kier molecular flexibility index (Phi) is 5.49. The van der Waals surface area contributed by atoms with Crippen LogP contribution >= 0.6 is 0 Å². The number of hydrogen-bond donors (Lipinski definition) is 1. The molecule has 1 heterocycles. The number of carbonyl (C=O) groups excluding carboxylic acids is 2. The van der Waals surface area contributed by atoms with Gasteiger partial charge >= 0.3 is 0 Å². The van der Waals surface area contributed by atoms with Gasteiger partial charge in [-0.25, -0.2) is 0 Å². The van der Waals surface area contributed by atoms with Crippen molar-refractivity contribution in [3.05, 3.63) is 42.5 Å². The molecule has 0 saturated heterocycles. The van der Waals surface area contributed by atoms with Gasteiger partial charge in [0.05, 0.1) is 0 Å². The van der Waals surface area contributed by atoms with Gasteiger partial charge in [-0.1, -0.05) is 0 Å². The van der Waals surface area contributed by atoms with Crippen LogP contribution in [0.3, 0.4) is 0 Å². The molecule has 3 rings (SSSR count). The summed E-state index contributed by atoms with van der Waals surface area (Å²) in [6.07, 6.45) is 0.184. The summed E-state index contributed by atoms with van der Waals surface area (Å²) in [5, 5.41) is 2.82. The molecule has 7 nitrogen and oxygen atoms in total. The van der Waals surface area contributed by atoms with Crippen molar-refractivity contribution in [1.29, 1.82) is 0 Å². The second kappa shape index (κ2) is 7.99. The second-order valence-corrected chi connectivity index (χ2v) is 6.45. The van der Waals surface area contributed by atoms with E-state index < -0.39 is 0 Å². The minimum atomic E-state index is -0.176. The number of nitrogens with one attached hydrogen (secondary N) is 1. The molecule has 2 aromatic rings. The van der Waals surface area contributed by atoms with Crippen LogP contribution in [0.2, 0.25) is 0 Å². The molecule has 0 atom stereocenters. The highest BCUT2D eigenvalue weighted by atomic mass is 16.7. The summed E-state index contributed by atoms with van der Waals surface area (Å²) < 4.78 is 10.6. The summed E-state index contributed by atoms with van der Waals surface area (Å²) in [4.78, 5) is 27.9. The number of amides is 2. The number of anilines is 3. The van der Waals surface area contributed by atoms with Crippen molar-refractivity contribution in [2.24, 2.45) is 0 Å². The quantitative estimate of drug-likeness (QED) is 0.848. The second-order valence-electron chi connectivity index (χ2n) is 6.45. The van der Waals surface area contributed by atoms with Gasteiger partial charge in [0.25, 0.3) is 0 Å². The Bertz CT molecular complexity index is 834. The number of rotatable bonds is 6. The van der Waals surface area contributed by atoms with Crippen LogP contribution in [0.4, 0.5) is 17.1 Å². The highest BCUT2D eigenvalue weighted by Crippen LogP contribution is 2.34. The van der Waals surface area contributed by atoms with Crippen LogP contribution < -0.4 is 24.6 Å². The third-order valence-corrected chi connectivity index (χ3v) is 4.28. The highest BCUT2D eigenvalue weighted by Gasteiger charge is 2.16. The van der Waals surface area contributed by atoms with Crippen LogP contribution in [0.5, 0.6) is 11.5 Å². The van der Waals surface area contributed by atoms with Gasteiger partial charge in [-0.2, -0.15) is 0 Å². The molecule has 142 valence electrons. The first-order chi connectivity index (χ1) is 12.9. The fraction of sp³-hybridized carbons (Fsp3) is 0.300. The van der Waals surface area contributed by atoms with Crippen molar-refractivity contribution in [1.82, 2.24) is 0 Å². The van der Waals surface area contributed by atoms with E-state index in [1.807, 2.05) is 43.3 Å². The molecule has 0 fully saturated rings. The van der Waals surface area contributed by atoms with E-state index in [-0.39, 0.29) is 25.0 Å². The van der Waals surface area contributed by atoms with Crippen LogP contribution in [0.15, 0.2) is 42.5 Å². The average molecular weight is 369 g/mol. The summed E-state index contributed by atoms with van der Waals surface area (Å²) in [6, 6.07) is 12.9. The molecule has 27 heavy (non-hydrogen) atoms. The van der Waals surface area contributed by atoms with E-state index in [2.05, 4.69) is 5.32 Å². The number of nitrogens with zero attached hydrogens (tertiary/aromatic N) is 2. The highest BCUT2D eigenvalue weighted by molar-refractivity contribution is 5.95. The molecule has 0 radical (unpaired) electrons. The van der Waals surface area contributed by atoms with Crippen molar-refractivity contribution < 1.29 is 19.1 Å². The van der Waals surface area contributed by atoms with Gasteiger partial charge in [0, 0.05) is 57.1 Å². The number of benzene rings is 2. The van der Waals surface area contributed by atoms with Gasteiger partial charge in [0.1, 0.15) is 0 Å². The topological polar surface area (TPSA) is 71.1 Å². The van der Waals surface area contributed by atoms with Gasteiger partial charge in [0.15, 0.2) is 11.5 Å². The first-order valence-electron chi connectivity index (χ1n) is 8.69. The number of hydrogen-bond acceptors (Lipinski definition) is 5. The van der Waals surface area contributed by atoms with E-state index in [0.717, 1.165) is 11.4 Å². The monoisotopic (exact) mass is 369 g/mol. The van der Waals surface area contributed by atoms with E-state index in [0.29, 0.717) is 23.7 Å². The van der Waals surface area contributed by atoms with E-state index in [4.69, 9.17) is 9.47 Å². The Balaban J connectivity index is 1.60. The maximum Gasteiger partial charge on any atom is 0.231 e. The Morgan fingerprint density at radius 3 is 2.33 bits per heavy atom. The molecule has 0 spiro atoms. The Morgan fingerprint density at radius 1 is 1.00 bits per heavy atom. The Labute approximate surface area is 158 Å². The SMILES string of the molecule is CC(=O)N(CCC(=O)Nc1ccc2c(c1)OCO2)c1ccc(N(C)C)cc1. The number of fused-ring (bicyclic) bond motifs is 1. The molecule has 1 aliphatic heterocycles. The molecule has 0 aliphatic carbocycles. The average Bonchev–Trinajstić information content (AvgIpc) is 3.09. The molecule has 0 unspecified atom stereocenters. The smallest absolute Gasteiger partial charge is 0.231 e. The van der Waals surface area contributed by atoms with Gasteiger partial charge in [-0.3, -0.25) is 9.59 Å². The Morgan fingerprint density at radius 2 is 1.67 bits per heavy atom.